The number of ether oxygens (including phenoxy) is 2. The molecule has 0 saturated carbocycles. The third-order valence-electron chi connectivity index (χ3n) is 0.977. The van der Waals surface area contributed by atoms with Crippen LogP contribution in [0, 0.1) is 0 Å². The molecule has 0 atom stereocenters. The normalized spacial score (nSPS) is 7.41. The van der Waals surface area contributed by atoms with Crippen LogP contribution in [-0.4, -0.2) is 61.2 Å². The third kappa shape index (κ3) is 54.4. The van der Waals surface area contributed by atoms with Crippen molar-refractivity contribution in [3.05, 3.63) is 0 Å². The van der Waals surface area contributed by atoms with Crippen molar-refractivity contribution < 1.29 is 39.2 Å². The monoisotopic (exact) mass is 254 g/mol. The second-order valence-corrected chi connectivity index (χ2v) is 2.19. The Labute approximate surface area is 98.8 Å². The number of carbonyl (C=O) groups is 3. The fraction of sp³-hybridized carbons (Fsp3) is 0.667. The van der Waals surface area contributed by atoms with Crippen LogP contribution in [0.25, 0.3) is 0 Å². The summed E-state index contributed by atoms with van der Waals surface area (Å²) < 4.78 is 8.61. The molecule has 8 nitrogen and oxygen atoms in total. The zero-order valence-electron chi connectivity index (χ0n) is 9.36. The van der Waals surface area contributed by atoms with Crippen LogP contribution in [0.4, 0.5) is 0 Å². The quantitative estimate of drug-likeness (QED) is 0.363. The minimum Gasteiger partial charge on any atom is -0.483 e. The van der Waals surface area contributed by atoms with Crippen molar-refractivity contribution in [3.8, 4) is 0 Å². The van der Waals surface area contributed by atoms with Gasteiger partial charge in [0, 0.05) is 19.6 Å². The summed E-state index contributed by atoms with van der Waals surface area (Å²) in [6.45, 7) is 1.27. The van der Waals surface area contributed by atoms with Gasteiger partial charge in [-0.15, -0.1) is 0 Å². The van der Waals surface area contributed by atoms with E-state index in [1.807, 2.05) is 0 Å². The van der Waals surface area contributed by atoms with E-state index in [9.17, 15) is 9.59 Å². The molecule has 0 radical (unpaired) electrons. The fourth-order valence-corrected chi connectivity index (χ4v) is 0.393. The van der Waals surface area contributed by atoms with Gasteiger partial charge >= 0.3 is 0 Å². The Hall–Kier alpha value is -1.67. The van der Waals surface area contributed by atoms with Gasteiger partial charge in [0.2, 0.25) is 0 Å². The summed E-state index contributed by atoms with van der Waals surface area (Å²) in [6.07, 6.45) is 1.05. The lowest BCUT2D eigenvalue weighted by Gasteiger charge is -1.95. The first-order valence-electron chi connectivity index (χ1n) is 4.65. The van der Waals surface area contributed by atoms with Gasteiger partial charge < -0.3 is 24.8 Å². The molecule has 8 heteroatoms. The van der Waals surface area contributed by atoms with Crippen LogP contribution in [0.1, 0.15) is 12.8 Å². The molecule has 0 rings (SSSR count). The molecule has 0 bridgehead atoms. The van der Waals surface area contributed by atoms with E-state index in [0.29, 0.717) is 39.0 Å². The van der Waals surface area contributed by atoms with E-state index in [-0.39, 0.29) is 19.7 Å². The Kier molecular flexibility index (Phi) is 35.6. The molecule has 0 fully saturated rings. The summed E-state index contributed by atoms with van der Waals surface area (Å²) in [5, 5.41) is 22.7. The van der Waals surface area contributed by atoms with E-state index < -0.39 is 0 Å². The molecule has 17 heavy (non-hydrogen) atoms. The van der Waals surface area contributed by atoms with Gasteiger partial charge in [-0.25, -0.2) is 0 Å². The summed E-state index contributed by atoms with van der Waals surface area (Å²) in [7, 11) is 0. The maximum absolute atomic E-state index is 9.50. The first-order chi connectivity index (χ1) is 8.24. The molecular formula is C9H18O8. The zero-order chi connectivity index (χ0) is 13.8. The van der Waals surface area contributed by atoms with Gasteiger partial charge in [0.15, 0.2) is 0 Å². The SMILES string of the molecule is O=CO.O=COCCCOC=O.OCCCO. The predicted octanol–water partition coefficient (Wildman–Crippen LogP) is -1.22. The molecule has 0 aliphatic carbocycles. The van der Waals surface area contributed by atoms with Crippen LogP contribution in [0.2, 0.25) is 0 Å². The highest BCUT2D eigenvalue weighted by Gasteiger charge is 1.84. The molecule has 0 spiro atoms. The summed E-state index contributed by atoms with van der Waals surface area (Å²) in [5.41, 5.74) is 0. The van der Waals surface area contributed by atoms with Crippen LogP contribution in [0.3, 0.4) is 0 Å². The topological polar surface area (TPSA) is 130 Å². The smallest absolute Gasteiger partial charge is 0.293 e. The number of aliphatic hydroxyl groups excluding tert-OH is 2. The lowest BCUT2D eigenvalue weighted by molar-refractivity contribution is -0.131. The lowest BCUT2D eigenvalue weighted by atomic mass is 10.5. The molecule has 0 aliphatic heterocycles. The maximum Gasteiger partial charge on any atom is 0.293 e. The average molecular weight is 254 g/mol. The second kappa shape index (κ2) is 29.3. The highest BCUT2D eigenvalue weighted by Crippen LogP contribution is 1.79. The summed E-state index contributed by atoms with van der Waals surface area (Å²) in [5.74, 6) is 0. The standard InChI is InChI=1S/C5H8O4.C3H8O2.CH2O2/c6-4-8-2-1-3-9-5-7;4-2-1-3-5;2-1-3/h4-5H,1-3H2;4-5H,1-3H2;1H,(H,2,3). The lowest BCUT2D eigenvalue weighted by Crippen LogP contribution is -1.98. The van der Waals surface area contributed by atoms with Crippen molar-refractivity contribution in [2.45, 2.75) is 12.8 Å². The number of hydrogen-bond donors (Lipinski definition) is 3. The van der Waals surface area contributed by atoms with E-state index >= 15 is 0 Å². The first kappa shape index (κ1) is 20.7. The summed E-state index contributed by atoms with van der Waals surface area (Å²) in [4.78, 5) is 27.4. The molecule has 0 aromatic heterocycles. The zero-order valence-corrected chi connectivity index (χ0v) is 9.36. The van der Waals surface area contributed by atoms with E-state index in [1.165, 1.54) is 0 Å². The molecule has 0 saturated heterocycles. The molecule has 0 heterocycles. The predicted molar refractivity (Wildman–Crippen MR) is 56.1 cm³/mol. The van der Waals surface area contributed by atoms with Crippen LogP contribution in [-0.2, 0) is 23.9 Å². The number of rotatable bonds is 8. The van der Waals surface area contributed by atoms with Crippen molar-refractivity contribution in [2.24, 2.45) is 0 Å². The van der Waals surface area contributed by atoms with Crippen LogP contribution >= 0.6 is 0 Å². The first-order valence-corrected chi connectivity index (χ1v) is 4.65. The van der Waals surface area contributed by atoms with Crippen LogP contribution < -0.4 is 0 Å². The van der Waals surface area contributed by atoms with Crippen molar-refractivity contribution >= 4 is 19.4 Å². The Bertz CT molecular complexity index is 138. The number of carbonyl (C=O) groups excluding carboxylic acids is 2. The molecule has 0 aliphatic rings. The molecule has 102 valence electrons. The average Bonchev–Trinajstić information content (AvgIpc) is 2.32. The van der Waals surface area contributed by atoms with Crippen molar-refractivity contribution in [2.75, 3.05) is 26.4 Å². The van der Waals surface area contributed by atoms with Gasteiger partial charge in [0.25, 0.3) is 19.4 Å². The highest BCUT2D eigenvalue weighted by molar-refractivity contribution is 5.37. The molecule has 0 aromatic carbocycles. The summed E-state index contributed by atoms with van der Waals surface area (Å²) >= 11 is 0. The van der Waals surface area contributed by atoms with Gasteiger partial charge in [-0.05, 0) is 6.42 Å². The van der Waals surface area contributed by atoms with Gasteiger partial charge in [-0.3, -0.25) is 14.4 Å². The van der Waals surface area contributed by atoms with Crippen molar-refractivity contribution in [3.63, 3.8) is 0 Å². The minimum atomic E-state index is -0.250. The molecule has 0 amide bonds. The molecule has 0 aromatic rings. The highest BCUT2D eigenvalue weighted by atomic mass is 16.5. The van der Waals surface area contributed by atoms with Crippen molar-refractivity contribution in [1.82, 2.24) is 0 Å². The van der Waals surface area contributed by atoms with E-state index in [2.05, 4.69) is 9.47 Å². The Morgan fingerprint density at radius 2 is 1.18 bits per heavy atom. The third-order valence-corrected chi connectivity index (χ3v) is 0.977. The molecule has 0 unspecified atom stereocenters. The maximum atomic E-state index is 9.50. The van der Waals surface area contributed by atoms with E-state index in [1.54, 1.807) is 0 Å². The Morgan fingerprint density at radius 3 is 1.35 bits per heavy atom. The van der Waals surface area contributed by atoms with Gasteiger partial charge in [-0.1, -0.05) is 0 Å². The number of carboxylic acid groups (broad SMARTS) is 1. The second-order valence-electron chi connectivity index (χ2n) is 2.19. The fourth-order valence-electron chi connectivity index (χ4n) is 0.393. The van der Waals surface area contributed by atoms with Crippen LogP contribution in [0.5, 0.6) is 0 Å². The largest absolute Gasteiger partial charge is 0.483 e. The Balaban J connectivity index is -0.000000207. The molecular weight excluding hydrogens is 236 g/mol. The van der Waals surface area contributed by atoms with E-state index in [4.69, 9.17) is 20.1 Å². The van der Waals surface area contributed by atoms with Crippen molar-refractivity contribution in [1.29, 1.82) is 0 Å². The number of aliphatic hydroxyl groups is 2. The summed E-state index contributed by atoms with van der Waals surface area (Å²) in [6, 6.07) is 0. The molecule has 3 N–H and O–H groups in total. The van der Waals surface area contributed by atoms with Gasteiger partial charge in [0.05, 0.1) is 13.2 Å². The Morgan fingerprint density at radius 1 is 0.824 bits per heavy atom. The van der Waals surface area contributed by atoms with E-state index in [0.717, 1.165) is 0 Å². The van der Waals surface area contributed by atoms with Crippen LogP contribution in [0.15, 0.2) is 0 Å². The van der Waals surface area contributed by atoms with Gasteiger partial charge in [-0.2, -0.15) is 0 Å². The minimum absolute atomic E-state index is 0.0938. The van der Waals surface area contributed by atoms with Gasteiger partial charge in [0.1, 0.15) is 0 Å². The number of hydrogen-bond acceptors (Lipinski definition) is 7.